The number of ether oxygens (including phenoxy) is 2. The van der Waals surface area contributed by atoms with Gasteiger partial charge in [-0.3, -0.25) is 0 Å². The zero-order valence-corrected chi connectivity index (χ0v) is 15.2. The zero-order valence-electron chi connectivity index (χ0n) is 15.2. The normalized spacial score (nSPS) is 19.9. The van der Waals surface area contributed by atoms with Crippen LogP contribution in [0, 0.1) is 0 Å². The van der Waals surface area contributed by atoms with E-state index in [9.17, 15) is 4.79 Å². The Balaban J connectivity index is 1.83. The van der Waals surface area contributed by atoms with Crippen LogP contribution in [0.1, 0.15) is 40.9 Å². The Kier molecular flexibility index (Phi) is 5.69. The molecule has 0 fully saturated rings. The maximum absolute atomic E-state index is 11.8. The summed E-state index contributed by atoms with van der Waals surface area (Å²) < 4.78 is 11.4. The Bertz CT molecular complexity index is 807. The Morgan fingerprint density at radius 3 is 2.62 bits per heavy atom. The highest BCUT2D eigenvalue weighted by Gasteiger charge is 2.31. The van der Waals surface area contributed by atoms with Gasteiger partial charge in [-0.2, -0.15) is 0 Å². The van der Waals surface area contributed by atoms with Crippen LogP contribution < -0.4 is 0 Å². The van der Waals surface area contributed by atoms with Crippen LogP contribution >= 0.6 is 0 Å². The summed E-state index contributed by atoms with van der Waals surface area (Å²) in [6.45, 7) is 2.08. The number of methoxy groups -OCH3 is 1. The van der Waals surface area contributed by atoms with E-state index >= 15 is 0 Å². The van der Waals surface area contributed by atoms with Gasteiger partial charge >= 0.3 is 5.97 Å². The second-order valence-corrected chi connectivity index (χ2v) is 6.60. The molecular formula is C23H24O3. The van der Waals surface area contributed by atoms with Crippen LogP contribution in [-0.2, 0) is 15.9 Å². The predicted octanol–water partition coefficient (Wildman–Crippen LogP) is 5.05. The quantitative estimate of drug-likeness (QED) is 0.685. The number of hydrogen-bond donors (Lipinski definition) is 0. The number of carbonyl (C=O) groups excluding carboxylic acids is 1. The van der Waals surface area contributed by atoms with Crippen molar-refractivity contribution in [2.45, 2.75) is 31.5 Å². The topological polar surface area (TPSA) is 35.5 Å². The van der Waals surface area contributed by atoms with E-state index in [0.29, 0.717) is 12.0 Å². The van der Waals surface area contributed by atoms with Gasteiger partial charge in [0, 0.05) is 6.42 Å². The lowest BCUT2D eigenvalue weighted by atomic mass is 9.87. The Morgan fingerprint density at radius 1 is 1.12 bits per heavy atom. The van der Waals surface area contributed by atoms with Crippen LogP contribution in [0.25, 0.3) is 0 Å². The molecule has 1 unspecified atom stereocenters. The average molecular weight is 348 g/mol. The number of esters is 1. The van der Waals surface area contributed by atoms with Gasteiger partial charge in [-0.15, -0.1) is 0 Å². The van der Waals surface area contributed by atoms with Crippen molar-refractivity contribution in [1.82, 2.24) is 0 Å². The van der Waals surface area contributed by atoms with Gasteiger partial charge in [-0.25, -0.2) is 4.79 Å². The van der Waals surface area contributed by atoms with Gasteiger partial charge in [-0.1, -0.05) is 66.8 Å². The van der Waals surface area contributed by atoms with E-state index in [4.69, 9.17) is 9.47 Å². The molecule has 0 heterocycles. The number of benzene rings is 2. The third-order valence-electron chi connectivity index (χ3n) is 4.64. The summed E-state index contributed by atoms with van der Waals surface area (Å²) in [6.07, 6.45) is 9.78. The minimum Gasteiger partial charge on any atom is -0.465 e. The molecule has 1 aliphatic carbocycles. The molecule has 0 saturated carbocycles. The van der Waals surface area contributed by atoms with Crippen molar-refractivity contribution in [3.63, 3.8) is 0 Å². The van der Waals surface area contributed by atoms with Crippen LogP contribution in [0.5, 0.6) is 0 Å². The molecule has 2 aromatic rings. The Hall–Kier alpha value is -2.65. The van der Waals surface area contributed by atoms with Crippen molar-refractivity contribution in [3.8, 4) is 0 Å². The van der Waals surface area contributed by atoms with Crippen molar-refractivity contribution < 1.29 is 14.3 Å². The standard InChI is InChI=1S/C23H24O3/c1-18(20-11-5-3-6-12-20)26-23(14-7-4-8-15-23)17-19-10-9-13-21(16-19)22(24)25-2/h3-14,16,18H,15,17H2,1-2H3/t18-,23?/m1/s1. The fourth-order valence-corrected chi connectivity index (χ4v) is 3.32. The molecule has 0 amide bonds. The maximum Gasteiger partial charge on any atom is 0.337 e. The molecule has 2 atom stereocenters. The van der Waals surface area contributed by atoms with Crippen molar-refractivity contribution in [2.75, 3.05) is 7.11 Å². The molecule has 0 aliphatic heterocycles. The number of hydrogen-bond acceptors (Lipinski definition) is 3. The third-order valence-corrected chi connectivity index (χ3v) is 4.64. The van der Waals surface area contributed by atoms with Gasteiger partial charge in [-0.05, 0) is 36.6 Å². The first-order valence-electron chi connectivity index (χ1n) is 8.86. The summed E-state index contributed by atoms with van der Waals surface area (Å²) >= 11 is 0. The molecule has 0 bridgehead atoms. The van der Waals surface area contributed by atoms with E-state index < -0.39 is 5.60 Å². The summed E-state index contributed by atoms with van der Waals surface area (Å²) in [4.78, 5) is 11.8. The number of rotatable bonds is 6. The molecule has 3 rings (SSSR count). The molecular weight excluding hydrogens is 324 g/mol. The van der Waals surface area contributed by atoms with E-state index in [1.807, 2.05) is 48.6 Å². The fraction of sp³-hybridized carbons (Fsp3) is 0.261. The van der Waals surface area contributed by atoms with Crippen molar-refractivity contribution in [2.24, 2.45) is 0 Å². The minimum atomic E-state index is -0.432. The molecule has 0 radical (unpaired) electrons. The van der Waals surface area contributed by atoms with E-state index in [1.165, 1.54) is 7.11 Å². The molecule has 0 saturated heterocycles. The van der Waals surface area contributed by atoms with Crippen LogP contribution in [0.3, 0.4) is 0 Å². The average Bonchev–Trinajstić information content (AvgIpc) is 2.68. The highest BCUT2D eigenvalue weighted by molar-refractivity contribution is 5.89. The van der Waals surface area contributed by atoms with Gasteiger partial charge in [0.2, 0.25) is 0 Å². The lowest BCUT2D eigenvalue weighted by molar-refractivity contribution is -0.0559. The molecule has 3 heteroatoms. The highest BCUT2D eigenvalue weighted by Crippen LogP contribution is 2.33. The van der Waals surface area contributed by atoms with Gasteiger partial charge < -0.3 is 9.47 Å². The second kappa shape index (κ2) is 8.15. The lowest BCUT2D eigenvalue weighted by Gasteiger charge is -2.35. The second-order valence-electron chi connectivity index (χ2n) is 6.60. The summed E-state index contributed by atoms with van der Waals surface area (Å²) in [5.74, 6) is -0.321. The zero-order chi connectivity index (χ0) is 18.4. The largest absolute Gasteiger partial charge is 0.465 e. The molecule has 2 aromatic carbocycles. The Labute approximate surface area is 155 Å². The van der Waals surface area contributed by atoms with E-state index in [0.717, 1.165) is 17.5 Å². The molecule has 26 heavy (non-hydrogen) atoms. The smallest absolute Gasteiger partial charge is 0.337 e. The molecule has 0 spiro atoms. The van der Waals surface area contributed by atoms with Gasteiger partial charge in [0.15, 0.2) is 0 Å². The van der Waals surface area contributed by atoms with Gasteiger partial charge in [0.1, 0.15) is 0 Å². The predicted molar refractivity (Wildman–Crippen MR) is 103 cm³/mol. The Morgan fingerprint density at radius 2 is 1.92 bits per heavy atom. The number of carbonyl (C=O) groups is 1. The van der Waals surface area contributed by atoms with Gasteiger partial charge in [0.25, 0.3) is 0 Å². The molecule has 0 aromatic heterocycles. The van der Waals surface area contributed by atoms with Crippen LogP contribution in [0.2, 0.25) is 0 Å². The summed E-state index contributed by atoms with van der Waals surface area (Å²) in [7, 11) is 1.40. The molecule has 3 nitrogen and oxygen atoms in total. The first-order chi connectivity index (χ1) is 12.6. The van der Waals surface area contributed by atoms with E-state index in [1.54, 1.807) is 6.07 Å². The molecule has 1 aliphatic rings. The fourth-order valence-electron chi connectivity index (χ4n) is 3.32. The van der Waals surface area contributed by atoms with Crippen LogP contribution in [-0.4, -0.2) is 18.7 Å². The minimum absolute atomic E-state index is 0.0314. The van der Waals surface area contributed by atoms with Crippen molar-refractivity contribution in [1.29, 1.82) is 0 Å². The maximum atomic E-state index is 11.8. The molecule has 134 valence electrons. The summed E-state index contributed by atoms with van der Waals surface area (Å²) in [6, 6.07) is 17.8. The van der Waals surface area contributed by atoms with E-state index in [2.05, 4.69) is 31.2 Å². The summed E-state index contributed by atoms with van der Waals surface area (Å²) in [5.41, 5.74) is 2.33. The SMILES string of the molecule is COC(=O)c1cccc(CC2(O[C@H](C)c3ccccc3)C=CC=CC2)c1. The lowest BCUT2D eigenvalue weighted by Crippen LogP contribution is -2.34. The first kappa shape index (κ1) is 18.2. The van der Waals surface area contributed by atoms with Crippen molar-refractivity contribution in [3.05, 3.63) is 95.6 Å². The monoisotopic (exact) mass is 348 g/mol. The van der Waals surface area contributed by atoms with Crippen molar-refractivity contribution >= 4 is 5.97 Å². The third kappa shape index (κ3) is 4.30. The van der Waals surface area contributed by atoms with E-state index in [-0.39, 0.29) is 12.1 Å². The van der Waals surface area contributed by atoms with Crippen LogP contribution in [0.15, 0.2) is 78.9 Å². The summed E-state index contributed by atoms with van der Waals surface area (Å²) in [5, 5.41) is 0. The first-order valence-corrected chi connectivity index (χ1v) is 8.86. The molecule has 0 N–H and O–H groups in total. The van der Waals surface area contributed by atoms with Gasteiger partial charge in [0.05, 0.1) is 24.4 Å². The highest BCUT2D eigenvalue weighted by atomic mass is 16.5. The number of allylic oxidation sites excluding steroid dienone is 2. The van der Waals surface area contributed by atoms with Crippen LogP contribution in [0.4, 0.5) is 0 Å².